The van der Waals surface area contributed by atoms with E-state index in [1.165, 1.54) is 19.2 Å². The zero-order chi connectivity index (χ0) is 15.4. The predicted molar refractivity (Wildman–Crippen MR) is 82.7 cm³/mol. The molecule has 0 aromatic heterocycles. The smallest absolute Gasteiger partial charge is 0.244 e. The van der Waals surface area contributed by atoms with Crippen molar-refractivity contribution in [2.75, 3.05) is 12.4 Å². The fourth-order valence-electron chi connectivity index (χ4n) is 1.98. The van der Waals surface area contributed by atoms with Crippen LogP contribution in [-0.4, -0.2) is 13.0 Å². The number of ether oxygens (including phenoxy) is 1. The minimum absolute atomic E-state index is 0.399. The summed E-state index contributed by atoms with van der Waals surface area (Å²) in [6, 6.07) is 10.2. The van der Waals surface area contributed by atoms with Gasteiger partial charge in [0, 0.05) is 15.7 Å². The van der Waals surface area contributed by atoms with Crippen LogP contribution in [-0.2, 0) is 4.79 Å². The molecule has 2 aromatic rings. The first-order valence-electron chi connectivity index (χ1n) is 6.16. The summed E-state index contributed by atoms with van der Waals surface area (Å²) >= 11 is 3.34. The molecule has 21 heavy (non-hydrogen) atoms. The zero-order valence-electron chi connectivity index (χ0n) is 11.3. The largest absolute Gasteiger partial charge is 0.496 e. The molecule has 1 unspecified atom stereocenters. The summed E-state index contributed by atoms with van der Waals surface area (Å²) < 4.78 is 19.3. The first kappa shape index (κ1) is 15.3. The number of carbonyl (C=O) groups is 1. The van der Waals surface area contributed by atoms with Crippen molar-refractivity contribution < 1.29 is 13.9 Å². The first-order chi connectivity index (χ1) is 10.0. The maximum Gasteiger partial charge on any atom is 0.244 e. The number of amides is 1. The molecule has 0 aliphatic carbocycles. The summed E-state index contributed by atoms with van der Waals surface area (Å²) in [5.41, 5.74) is 6.49. The summed E-state index contributed by atoms with van der Waals surface area (Å²) in [5, 5.41) is 2.92. The van der Waals surface area contributed by atoms with Gasteiger partial charge in [-0.2, -0.15) is 0 Å². The zero-order valence-corrected chi connectivity index (χ0v) is 12.9. The van der Waals surface area contributed by atoms with Crippen molar-refractivity contribution in [3.05, 3.63) is 58.3 Å². The molecular formula is C15H14BrFN2O2. The fourth-order valence-corrected chi connectivity index (χ4v) is 2.36. The van der Waals surface area contributed by atoms with Gasteiger partial charge in [0.1, 0.15) is 17.6 Å². The maximum atomic E-state index is 13.2. The van der Waals surface area contributed by atoms with Gasteiger partial charge in [-0.15, -0.1) is 0 Å². The van der Waals surface area contributed by atoms with Crippen LogP contribution in [0.1, 0.15) is 11.6 Å². The molecular weight excluding hydrogens is 339 g/mol. The van der Waals surface area contributed by atoms with Crippen LogP contribution < -0.4 is 15.8 Å². The number of methoxy groups -OCH3 is 1. The number of primary amides is 1. The highest BCUT2D eigenvalue weighted by atomic mass is 79.9. The number of carbonyl (C=O) groups excluding carboxylic acids is 1. The predicted octanol–water partition coefficient (Wildman–Crippen LogP) is 3.24. The summed E-state index contributed by atoms with van der Waals surface area (Å²) in [4.78, 5) is 11.8. The molecule has 2 aromatic carbocycles. The Kier molecular flexibility index (Phi) is 4.80. The van der Waals surface area contributed by atoms with Crippen molar-refractivity contribution in [2.45, 2.75) is 6.04 Å². The van der Waals surface area contributed by atoms with E-state index in [1.807, 2.05) is 0 Å². The Morgan fingerprint density at radius 1 is 1.33 bits per heavy atom. The number of hydrogen-bond donors (Lipinski definition) is 2. The number of nitrogens with two attached hydrogens (primary N) is 1. The van der Waals surface area contributed by atoms with Crippen LogP contribution in [0.25, 0.3) is 0 Å². The molecule has 4 nitrogen and oxygen atoms in total. The van der Waals surface area contributed by atoms with Gasteiger partial charge in [0.25, 0.3) is 0 Å². The third kappa shape index (κ3) is 3.72. The van der Waals surface area contributed by atoms with E-state index in [-0.39, 0.29) is 0 Å². The van der Waals surface area contributed by atoms with E-state index in [0.29, 0.717) is 17.0 Å². The van der Waals surface area contributed by atoms with Crippen molar-refractivity contribution in [3.63, 3.8) is 0 Å². The number of benzene rings is 2. The van der Waals surface area contributed by atoms with E-state index in [0.717, 1.165) is 4.47 Å². The summed E-state index contributed by atoms with van der Waals surface area (Å²) in [6.45, 7) is 0. The van der Waals surface area contributed by atoms with Gasteiger partial charge in [-0.25, -0.2) is 4.39 Å². The standard InChI is InChI=1S/C15H14BrFN2O2/c1-21-13-6-5-9(16)7-12(13)14(15(18)20)19-11-4-2-3-10(17)8-11/h2-8,14,19H,1H3,(H2,18,20). The van der Waals surface area contributed by atoms with Gasteiger partial charge in [0.2, 0.25) is 5.91 Å². The van der Waals surface area contributed by atoms with Gasteiger partial charge in [-0.3, -0.25) is 4.79 Å². The highest BCUT2D eigenvalue weighted by molar-refractivity contribution is 9.10. The molecule has 110 valence electrons. The molecule has 1 atom stereocenters. The fraction of sp³-hybridized carbons (Fsp3) is 0.133. The SMILES string of the molecule is COc1ccc(Br)cc1C(Nc1cccc(F)c1)C(N)=O. The number of anilines is 1. The molecule has 0 bridgehead atoms. The maximum absolute atomic E-state index is 13.2. The molecule has 6 heteroatoms. The highest BCUT2D eigenvalue weighted by Gasteiger charge is 2.22. The van der Waals surface area contributed by atoms with Crippen LogP contribution in [0, 0.1) is 5.82 Å². The van der Waals surface area contributed by atoms with E-state index in [9.17, 15) is 9.18 Å². The Morgan fingerprint density at radius 3 is 2.71 bits per heavy atom. The lowest BCUT2D eigenvalue weighted by molar-refractivity contribution is -0.118. The number of rotatable bonds is 5. The molecule has 0 saturated heterocycles. The van der Waals surface area contributed by atoms with Gasteiger partial charge in [-0.1, -0.05) is 22.0 Å². The van der Waals surface area contributed by atoms with Crippen molar-refractivity contribution in [1.82, 2.24) is 0 Å². The Labute approximate surface area is 130 Å². The number of nitrogens with one attached hydrogen (secondary N) is 1. The summed E-state index contributed by atoms with van der Waals surface area (Å²) in [6.07, 6.45) is 0. The summed E-state index contributed by atoms with van der Waals surface area (Å²) in [5.74, 6) is -0.467. The van der Waals surface area contributed by atoms with Gasteiger partial charge < -0.3 is 15.8 Å². The Balaban J connectivity index is 2.40. The van der Waals surface area contributed by atoms with Gasteiger partial charge in [0.05, 0.1) is 7.11 Å². The van der Waals surface area contributed by atoms with Crippen LogP contribution >= 0.6 is 15.9 Å². The molecule has 0 saturated carbocycles. The van der Waals surface area contributed by atoms with Gasteiger partial charge >= 0.3 is 0 Å². The topological polar surface area (TPSA) is 64.3 Å². The third-order valence-electron chi connectivity index (χ3n) is 2.92. The third-order valence-corrected chi connectivity index (χ3v) is 3.42. The summed E-state index contributed by atoms with van der Waals surface area (Å²) in [7, 11) is 1.51. The second-order valence-corrected chi connectivity index (χ2v) is 5.29. The lowest BCUT2D eigenvalue weighted by Gasteiger charge is -2.20. The van der Waals surface area contributed by atoms with Crippen LogP contribution in [0.4, 0.5) is 10.1 Å². The normalized spacial score (nSPS) is 11.8. The van der Waals surface area contributed by atoms with E-state index in [1.54, 1.807) is 30.3 Å². The van der Waals surface area contributed by atoms with E-state index in [4.69, 9.17) is 10.5 Å². The lowest BCUT2D eigenvalue weighted by Crippen LogP contribution is -2.28. The van der Waals surface area contributed by atoms with E-state index < -0.39 is 17.8 Å². The second kappa shape index (κ2) is 6.58. The average molecular weight is 353 g/mol. The van der Waals surface area contributed by atoms with Crippen molar-refractivity contribution >= 4 is 27.5 Å². The Hall–Kier alpha value is -2.08. The van der Waals surface area contributed by atoms with Crippen molar-refractivity contribution in [1.29, 1.82) is 0 Å². The van der Waals surface area contributed by atoms with E-state index >= 15 is 0 Å². The van der Waals surface area contributed by atoms with Crippen LogP contribution in [0.5, 0.6) is 5.75 Å². The minimum Gasteiger partial charge on any atom is -0.496 e. The van der Waals surface area contributed by atoms with Crippen LogP contribution in [0.3, 0.4) is 0 Å². The van der Waals surface area contributed by atoms with Gasteiger partial charge in [-0.05, 0) is 36.4 Å². The van der Waals surface area contributed by atoms with Gasteiger partial charge in [0.15, 0.2) is 0 Å². The molecule has 0 spiro atoms. The van der Waals surface area contributed by atoms with Crippen LogP contribution in [0.15, 0.2) is 46.9 Å². The number of halogens is 2. The lowest BCUT2D eigenvalue weighted by atomic mass is 10.0. The molecule has 0 fully saturated rings. The molecule has 0 aliphatic rings. The molecule has 0 radical (unpaired) electrons. The molecule has 1 amide bonds. The minimum atomic E-state index is -0.834. The average Bonchev–Trinajstić information content (AvgIpc) is 2.44. The van der Waals surface area contributed by atoms with Crippen molar-refractivity contribution in [3.8, 4) is 5.75 Å². The molecule has 3 N–H and O–H groups in total. The monoisotopic (exact) mass is 352 g/mol. The Bertz CT molecular complexity index is 664. The first-order valence-corrected chi connectivity index (χ1v) is 6.95. The van der Waals surface area contributed by atoms with Crippen LogP contribution in [0.2, 0.25) is 0 Å². The Morgan fingerprint density at radius 2 is 2.10 bits per heavy atom. The van der Waals surface area contributed by atoms with Crippen molar-refractivity contribution in [2.24, 2.45) is 5.73 Å². The number of hydrogen-bond acceptors (Lipinski definition) is 3. The van der Waals surface area contributed by atoms with E-state index in [2.05, 4.69) is 21.2 Å². The molecule has 2 rings (SSSR count). The molecule has 0 aliphatic heterocycles. The quantitative estimate of drug-likeness (QED) is 0.868. The molecule has 0 heterocycles. The second-order valence-electron chi connectivity index (χ2n) is 4.38. The highest BCUT2D eigenvalue weighted by Crippen LogP contribution is 2.30.